The third kappa shape index (κ3) is 2.97. The third-order valence-corrected chi connectivity index (χ3v) is 4.96. The number of hydrogen-bond donors (Lipinski definition) is 2. The minimum Gasteiger partial charge on any atom is -0.478 e. The Kier molecular flexibility index (Phi) is 4.81. The molecule has 0 bridgehead atoms. The second-order valence-electron chi connectivity index (χ2n) is 4.41. The van der Waals surface area contributed by atoms with Gasteiger partial charge in [-0.3, -0.25) is 9.36 Å². The average Bonchev–Trinajstić information content (AvgIpc) is 2.90. The second kappa shape index (κ2) is 6.44. The summed E-state index contributed by atoms with van der Waals surface area (Å²) in [5.41, 5.74) is -0.0978. The molecule has 0 radical (unpaired) electrons. The van der Waals surface area contributed by atoms with Crippen molar-refractivity contribution in [3.05, 3.63) is 35.5 Å². The van der Waals surface area contributed by atoms with Crippen LogP contribution < -0.4 is 0 Å². The average molecular weight is 325 g/mol. The largest absolute Gasteiger partial charge is 0.478 e. The van der Waals surface area contributed by atoms with Crippen molar-refractivity contribution in [2.24, 2.45) is 0 Å². The van der Waals surface area contributed by atoms with Gasteiger partial charge < -0.3 is 19.1 Å². The first-order valence-electron chi connectivity index (χ1n) is 6.71. The molecule has 0 saturated heterocycles. The smallest absolute Gasteiger partial charge is 0.401 e. The van der Waals surface area contributed by atoms with E-state index in [1.165, 1.54) is 18.3 Å². The van der Waals surface area contributed by atoms with Gasteiger partial charge in [0.1, 0.15) is 0 Å². The van der Waals surface area contributed by atoms with Crippen LogP contribution in [0.5, 0.6) is 0 Å². The molecule has 2 rings (SSSR count). The fourth-order valence-electron chi connectivity index (χ4n) is 2.08. The van der Waals surface area contributed by atoms with Crippen LogP contribution in [0.3, 0.4) is 0 Å². The number of aromatic nitrogens is 1. The van der Waals surface area contributed by atoms with Crippen LogP contribution in [0.2, 0.25) is 0 Å². The molecule has 0 fully saturated rings. The monoisotopic (exact) mass is 325 g/mol. The zero-order valence-electron chi connectivity index (χ0n) is 12.2. The van der Waals surface area contributed by atoms with Gasteiger partial charge in [0, 0.05) is 22.7 Å². The Bertz CT molecular complexity index is 756. The van der Waals surface area contributed by atoms with E-state index in [9.17, 15) is 14.2 Å². The van der Waals surface area contributed by atoms with Crippen LogP contribution in [-0.4, -0.2) is 34.8 Å². The van der Waals surface area contributed by atoms with Crippen molar-refractivity contribution < 1.29 is 28.3 Å². The van der Waals surface area contributed by atoms with Crippen LogP contribution in [0.1, 0.15) is 34.6 Å². The highest BCUT2D eigenvalue weighted by atomic mass is 31.2. The minimum absolute atomic E-state index is 0.0345. The van der Waals surface area contributed by atoms with E-state index in [1.807, 2.05) is 0 Å². The molecule has 0 saturated carbocycles. The SMILES string of the molecule is CCOP(=O)(OCC)C(=O)c1ccc2[nH]cc(C(=O)O)c2c1. The summed E-state index contributed by atoms with van der Waals surface area (Å²) < 4.78 is 22.5. The van der Waals surface area contributed by atoms with E-state index < -0.39 is 19.1 Å². The first kappa shape index (κ1) is 16.4. The molecule has 1 aromatic heterocycles. The Labute approximate surface area is 126 Å². The summed E-state index contributed by atoms with van der Waals surface area (Å²) in [7, 11) is -3.93. The summed E-state index contributed by atoms with van der Waals surface area (Å²) in [6.07, 6.45) is 1.34. The van der Waals surface area contributed by atoms with Crippen LogP contribution in [-0.2, 0) is 13.6 Å². The van der Waals surface area contributed by atoms with Crippen molar-refractivity contribution in [3.63, 3.8) is 0 Å². The van der Waals surface area contributed by atoms with Crippen molar-refractivity contribution in [1.29, 1.82) is 0 Å². The normalized spacial score (nSPS) is 11.7. The van der Waals surface area contributed by atoms with Crippen molar-refractivity contribution >= 4 is 30.0 Å². The van der Waals surface area contributed by atoms with Gasteiger partial charge >= 0.3 is 13.6 Å². The Morgan fingerprint density at radius 3 is 2.41 bits per heavy atom. The molecule has 0 amide bonds. The van der Waals surface area contributed by atoms with E-state index in [4.69, 9.17) is 14.2 Å². The minimum atomic E-state index is -3.93. The lowest BCUT2D eigenvalue weighted by molar-refractivity contribution is 0.0699. The molecule has 22 heavy (non-hydrogen) atoms. The number of carboxylic acid groups (broad SMARTS) is 1. The van der Waals surface area contributed by atoms with Crippen molar-refractivity contribution in [2.45, 2.75) is 13.8 Å². The van der Waals surface area contributed by atoms with Crippen molar-refractivity contribution in [1.82, 2.24) is 4.98 Å². The number of carboxylic acids is 1. The predicted molar refractivity (Wildman–Crippen MR) is 80.4 cm³/mol. The molecule has 0 aliphatic heterocycles. The third-order valence-electron chi connectivity index (χ3n) is 3.01. The zero-order valence-corrected chi connectivity index (χ0v) is 13.1. The van der Waals surface area contributed by atoms with Crippen LogP contribution >= 0.6 is 7.60 Å². The zero-order chi connectivity index (χ0) is 16.3. The van der Waals surface area contributed by atoms with Crippen LogP contribution in [0, 0.1) is 0 Å². The van der Waals surface area contributed by atoms with E-state index in [2.05, 4.69) is 4.98 Å². The molecule has 2 N–H and O–H groups in total. The van der Waals surface area contributed by atoms with Gasteiger partial charge in [-0.2, -0.15) is 0 Å². The van der Waals surface area contributed by atoms with Gasteiger partial charge in [-0.15, -0.1) is 0 Å². The van der Waals surface area contributed by atoms with Gasteiger partial charge in [-0.05, 0) is 32.0 Å². The van der Waals surface area contributed by atoms with Gasteiger partial charge in [0.25, 0.3) is 5.52 Å². The number of carbonyl (C=O) groups is 2. The molecule has 0 spiro atoms. The Morgan fingerprint density at radius 1 is 1.23 bits per heavy atom. The number of H-pyrrole nitrogens is 1. The summed E-state index contributed by atoms with van der Waals surface area (Å²) in [5, 5.41) is 9.48. The highest BCUT2D eigenvalue weighted by Gasteiger charge is 2.35. The Morgan fingerprint density at radius 2 is 1.86 bits per heavy atom. The van der Waals surface area contributed by atoms with Gasteiger partial charge in [0.15, 0.2) is 0 Å². The molecule has 1 heterocycles. The van der Waals surface area contributed by atoms with Crippen LogP contribution in [0.15, 0.2) is 24.4 Å². The quantitative estimate of drug-likeness (QED) is 0.757. The molecule has 0 aliphatic rings. The first-order valence-corrected chi connectivity index (χ1v) is 8.25. The van der Waals surface area contributed by atoms with E-state index in [1.54, 1.807) is 19.9 Å². The van der Waals surface area contributed by atoms with Gasteiger partial charge in [0.2, 0.25) is 0 Å². The van der Waals surface area contributed by atoms with Crippen LogP contribution in [0.4, 0.5) is 0 Å². The van der Waals surface area contributed by atoms with E-state index >= 15 is 0 Å². The maximum Gasteiger partial charge on any atom is 0.401 e. The molecular formula is C14H16NO6P. The summed E-state index contributed by atoms with van der Waals surface area (Å²) in [6.45, 7) is 3.35. The first-order chi connectivity index (χ1) is 10.4. The lowest BCUT2D eigenvalue weighted by atomic mass is 10.1. The molecule has 7 nitrogen and oxygen atoms in total. The lowest BCUT2D eigenvalue weighted by Crippen LogP contribution is -2.07. The Hall–Kier alpha value is -1.95. The molecule has 1 aromatic carbocycles. The van der Waals surface area contributed by atoms with Gasteiger partial charge in [-0.1, -0.05) is 0 Å². The van der Waals surface area contributed by atoms with Crippen molar-refractivity contribution in [2.75, 3.05) is 13.2 Å². The number of rotatable bonds is 7. The van der Waals surface area contributed by atoms with Crippen LogP contribution in [0.25, 0.3) is 10.9 Å². The highest BCUT2D eigenvalue weighted by Crippen LogP contribution is 2.51. The van der Waals surface area contributed by atoms with E-state index in [0.29, 0.717) is 10.9 Å². The Balaban J connectivity index is 2.49. The molecule has 8 heteroatoms. The second-order valence-corrected chi connectivity index (χ2v) is 6.32. The summed E-state index contributed by atoms with van der Waals surface area (Å²) in [4.78, 5) is 26.4. The van der Waals surface area contributed by atoms with E-state index in [-0.39, 0.29) is 24.3 Å². The summed E-state index contributed by atoms with van der Waals surface area (Å²) in [6, 6.07) is 4.39. The van der Waals surface area contributed by atoms with Crippen molar-refractivity contribution in [3.8, 4) is 0 Å². The number of aromatic amines is 1. The molecule has 0 atom stereocenters. The molecule has 0 unspecified atom stereocenters. The molecule has 0 aliphatic carbocycles. The number of benzene rings is 1. The maximum atomic E-state index is 12.5. The van der Waals surface area contributed by atoms with E-state index in [0.717, 1.165) is 0 Å². The molecule has 118 valence electrons. The number of hydrogen-bond acceptors (Lipinski definition) is 5. The fraction of sp³-hybridized carbons (Fsp3) is 0.286. The number of carbonyl (C=O) groups excluding carboxylic acids is 1. The summed E-state index contributed by atoms with van der Waals surface area (Å²) in [5.74, 6) is -1.12. The van der Waals surface area contributed by atoms with Gasteiger partial charge in [-0.25, -0.2) is 4.79 Å². The number of nitrogens with one attached hydrogen (secondary N) is 1. The lowest BCUT2D eigenvalue weighted by Gasteiger charge is -2.15. The molecule has 2 aromatic rings. The molecular weight excluding hydrogens is 309 g/mol. The standard InChI is InChI=1S/C14H16NO6P/c1-3-20-22(19,21-4-2)14(18)9-5-6-12-10(7-9)11(8-15-12)13(16)17/h5-8,15H,3-4H2,1-2H3,(H,16,17). The number of fused-ring (bicyclic) bond motifs is 1. The van der Waals surface area contributed by atoms with Gasteiger partial charge in [0.05, 0.1) is 18.8 Å². The highest BCUT2D eigenvalue weighted by molar-refractivity contribution is 7.72. The number of aromatic carboxylic acids is 1. The predicted octanol–water partition coefficient (Wildman–Crippen LogP) is 3.27. The maximum absolute atomic E-state index is 12.5. The fourth-order valence-corrected chi connectivity index (χ4v) is 3.53. The topological polar surface area (TPSA) is 106 Å². The summed E-state index contributed by atoms with van der Waals surface area (Å²) >= 11 is 0.